The molecule has 0 saturated carbocycles. The summed E-state index contributed by atoms with van der Waals surface area (Å²) in [5.41, 5.74) is -0.149. The van der Waals surface area contributed by atoms with E-state index in [2.05, 4.69) is 5.32 Å². The third-order valence-electron chi connectivity index (χ3n) is 3.29. The third-order valence-corrected chi connectivity index (χ3v) is 5.15. The number of hydrogen-bond acceptors (Lipinski definition) is 7. The Morgan fingerprint density at radius 2 is 1.90 bits per heavy atom. The van der Waals surface area contributed by atoms with Gasteiger partial charge >= 0.3 is 0 Å². The van der Waals surface area contributed by atoms with E-state index in [1.165, 1.54) is 6.07 Å². The average molecular weight is 317 g/mol. The number of nitro groups is 1. The Balaban J connectivity index is 2.51. The van der Waals surface area contributed by atoms with Gasteiger partial charge in [0.05, 0.1) is 17.1 Å². The number of anilines is 1. The number of nitrogens with zero attached hydrogens (tertiary/aromatic N) is 2. The maximum atomic E-state index is 12.5. The van der Waals surface area contributed by atoms with Crippen molar-refractivity contribution in [2.24, 2.45) is 0 Å². The quantitative estimate of drug-likeness (QED) is 0.497. The van der Waals surface area contributed by atoms with E-state index in [9.17, 15) is 28.7 Å². The first kappa shape index (κ1) is 15.6. The summed E-state index contributed by atoms with van der Waals surface area (Å²) in [6, 6.07) is 3.65. The van der Waals surface area contributed by atoms with E-state index in [4.69, 9.17) is 0 Å². The molecule has 1 aromatic rings. The summed E-state index contributed by atoms with van der Waals surface area (Å²) in [5.74, 6) is 0. The smallest absolute Gasteiger partial charge is 0.289 e. The van der Waals surface area contributed by atoms with Crippen molar-refractivity contribution in [3.63, 3.8) is 0 Å². The Hall–Kier alpha value is -1.75. The van der Waals surface area contributed by atoms with Crippen LogP contribution in [0.15, 0.2) is 23.1 Å². The Kier molecular flexibility index (Phi) is 4.14. The second kappa shape index (κ2) is 5.56. The monoisotopic (exact) mass is 317 g/mol. The molecule has 0 amide bonds. The molecule has 116 valence electrons. The lowest BCUT2D eigenvalue weighted by Crippen LogP contribution is -2.30. The average Bonchev–Trinajstić information content (AvgIpc) is 2.78. The van der Waals surface area contributed by atoms with E-state index in [1.807, 2.05) is 0 Å². The summed E-state index contributed by atoms with van der Waals surface area (Å²) in [7, 11) is -2.62. The standard InChI is InChI=1S/C11H15N3O6S/c1-12-7-2-3-8(14(17)18)11(4-7)21(19,20)13-5-9(15)10(16)6-13/h2-4,9-10,12,15-16H,5-6H2,1H3. The van der Waals surface area contributed by atoms with Gasteiger partial charge in [-0.2, -0.15) is 4.31 Å². The molecule has 1 heterocycles. The van der Waals surface area contributed by atoms with Gasteiger partial charge in [-0.25, -0.2) is 8.42 Å². The molecular weight excluding hydrogens is 302 g/mol. The summed E-state index contributed by atoms with van der Waals surface area (Å²) < 4.78 is 25.8. The van der Waals surface area contributed by atoms with Gasteiger partial charge in [0.1, 0.15) is 0 Å². The first-order valence-electron chi connectivity index (χ1n) is 6.10. The van der Waals surface area contributed by atoms with Gasteiger partial charge in [0, 0.05) is 31.9 Å². The van der Waals surface area contributed by atoms with Crippen LogP contribution in [0.4, 0.5) is 11.4 Å². The van der Waals surface area contributed by atoms with Crippen LogP contribution in [0.3, 0.4) is 0 Å². The minimum absolute atomic E-state index is 0.301. The fraction of sp³-hybridized carbons (Fsp3) is 0.455. The summed E-state index contributed by atoms with van der Waals surface area (Å²) >= 11 is 0. The van der Waals surface area contributed by atoms with E-state index in [0.29, 0.717) is 5.69 Å². The van der Waals surface area contributed by atoms with Crippen molar-refractivity contribution in [2.45, 2.75) is 17.1 Å². The van der Waals surface area contributed by atoms with Crippen molar-refractivity contribution < 1.29 is 23.6 Å². The minimum Gasteiger partial charge on any atom is -0.389 e. The molecular formula is C11H15N3O6S. The van der Waals surface area contributed by atoms with Crippen LogP contribution in [0.1, 0.15) is 0 Å². The first-order chi connectivity index (χ1) is 9.77. The number of nitro benzene ring substituents is 1. The van der Waals surface area contributed by atoms with Crippen LogP contribution in [-0.2, 0) is 10.0 Å². The molecule has 9 nitrogen and oxygen atoms in total. The van der Waals surface area contributed by atoms with Crippen LogP contribution in [0.2, 0.25) is 0 Å². The lowest BCUT2D eigenvalue weighted by Gasteiger charge is -2.16. The largest absolute Gasteiger partial charge is 0.389 e. The van der Waals surface area contributed by atoms with E-state index in [-0.39, 0.29) is 13.1 Å². The highest BCUT2D eigenvalue weighted by Crippen LogP contribution is 2.31. The van der Waals surface area contributed by atoms with E-state index in [0.717, 1.165) is 16.4 Å². The predicted molar refractivity (Wildman–Crippen MR) is 73.4 cm³/mol. The van der Waals surface area contributed by atoms with Crippen molar-refractivity contribution in [1.82, 2.24) is 4.31 Å². The zero-order valence-electron chi connectivity index (χ0n) is 11.1. The van der Waals surface area contributed by atoms with Crippen LogP contribution < -0.4 is 5.32 Å². The molecule has 1 aliphatic heterocycles. The molecule has 1 aromatic carbocycles. The molecule has 0 spiro atoms. The van der Waals surface area contributed by atoms with E-state index in [1.54, 1.807) is 7.05 Å². The van der Waals surface area contributed by atoms with Gasteiger partial charge in [-0.05, 0) is 12.1 Å². The SMILES string of the molecule is CNc1ccc([N+](=O)[O-])c(S(=O)(=O)N2CC(O)C(O)C2)c1. The lowest BCUT2D eigenvalue weighted by molar-refractivity contribution is -0.387. The van der Waals surface area contributed by atoms with Gasteiger partial charge in [-0.15, -0.1) is 0 Å². The molecule has 1 saturated heterocycles. The number of benzene rings is 1. The molecule has 0 radical (unpaired) electrons. The molecule has 10 heteroatoms. The number of hydrogen-bond donors (Lipinski definition) is 3. The van der Waals surface area contributed by atoms with Crippen molar-refractivity contribution in [3.8, 4) is 0 Å². The predicted octanol–water partition coefficient (Wildman–Crippen LogP) is -0.637. The highest BCUT2D eigenvalue weighted by Gasteiger charge is 2.40. The van der Waals surface area contributed by atoms with Crippen LogP contribution in [0.5, 0.6) is 0 Å². The van der Waals surface area contributed by atoms with Gasteiger partial charge in [0.15, 0.2) is 4.90 Å². The van der Waals surface area contributed by atoms with Crippen LogP contribution in [0, 0.1) is 10.1 Å². The van der Waals surface area contributed by atoms with Gasteiger partial charge in [-0.3, -0.25) is 10.1 Å². The van der Waals surface area contributed by atoms with Crippen LogP contribution in [-0.4, -0.2) is 60.2 Å². The topological polar surface area (TPSA) is 133 Å². The van der Waals surface area contributed by atoms with Gasteiger partial charge in [0.2, 0.25) is 10.0 Å². The molecule has 2 rings (SSSR count). The van der Waals surface area contributed by atoms with Crippen molar-refractivity contribution in [1.29, 1.82) is 0 Å². The van der Waals surface area contributed by atoms with Crippen molar-refractivity contribution >= 4 is 21.4 Å². The highest BCUT2D eigenvalue weighted by atomic mass is 32.2. The molecule has 21 heavy (non-hydrogen) atoms. The highest BCUT2D eigenvalue weighted by molar-refractivity contribution is 7.89. The third kappa shape index (κ3) is 2.83. The minimum atomic E-state index is -4.18. The summed E-state index contributed by atoms with van der Waals surface area (Å²) in [6.07, 6.45) is -2.40. The second-order valence-corrected chi connectivity index (χ2v) is 6.55. The Labute approximate surface area is 121 Å². The number of sulfonamides is 1. The fourth-order valence-corrected chi connectivity index (χ4v) is 3.76. The molecule has 0 aliphatic carbocycles. The normalized spacial score (nSPS) is 23.2. The summed E-state index contributed by atoms with van der Waals surface area (Å²) in [6.45, 7) is -0.602. The van der Waals surface area contributed by atoms with E-state index >= 15 is 0 Å². The first-order valence-corrected chi connectivity index (χ1v) is 7.54. The number of aliphatic hydroxyl groups is 2. The molecule has 0 bridgehead atoms. The van der Waals surface area contributed by atoms with Crippen LogP contribution in [0.25, 0.3) is 0 Å². The number of rotatable bonds is 4. The second-order valence-electron chi connectivity index (χ2n) is 4.65. The van der Waals surface area contributed by atoms with E-state index < -0.39 is 37.7 Å². The van der Waals surface area contributed by atoms with Crippen molar-refractivity contribution in [2.75, 3.05) is 25.5 Å². The molecule has 3 N–H and O–H groups in total. The maximum Gasteiger partial charge on any atom is 0.289 e. The number of β-amino-alcohol motifs (C(OH)–C–C–N with tert-alkyl or cyclic N) is 2. The van der Waals surface area contributed by atoms with Gasteiger partial charge < -0.3 is 15.5 Å². The molecule has 1 aliphatic rings. The fourth-order valence-electron chi connectivity index (χ4n) is 2.10. The zero-order valence-corrected chi connectivity index (χ0v) is 11.9. The maximum absolute atomic E-state index is 12.5. The van der Waals surface area contributed by atoms with Gasteiger partial charge in [0.25, 0.3) is 5.69 Å². The Morgan fingerprint density at radius 1 is 1.33 bits per heavy atom. The molecule has 0 aromatic heterocycles. The number of nitrogens with one attached hydrogen (secondary N) is 1. The van der Waals surface area contributed by atoms with Gasteiger partial charge in [-0.1, -0.05) is 0 Å². The molecule has 1 fully saturated rings. The van der Waals surface area contributed by atoms with Crippen LogP contribution >= 0.6 is 0 Å². The zero-order chi connectivity index (χ0) is 15.8. The Morgan fingerprint density at radius 3 is 2.38 bits per heavy atom. The molecule has 2 atom stereocenters. The van der Waals surface area contributed by atoms with Crippen molar-refractivity contribution in [3.05, 3.63) is 28.3 Å². The summed E-state index contributed by atoms with van der Waals surface area (Å²) in [4.78, 5) is 9.76. The summed E-state index contributed by atoms with van der Waals surface area (Å²) in [5, 5.41) is 32.6. The lowest BCUT2D eigenvalue weighted by atomic mass is 10.3. The molecule has 2 unspecified atom stereocenters. The Bertz CT molecular complexity index is 652. The number of aliphatic hydroxyl groups excluding tert-OH is 2.